The highest BCUT2D eigenvalue weighted by molar-refractivity contribution is 6.42. The van der Waals surface area contributed by atoms with Gasteiger partial charge in [-0.1, -0.05) is 23.2 Å². The lowest BCUT2D eigenvalue weighted by Gasteiger charge is -2.30. The normalized spacial score (nSPS) is 17.6. The Balaban J connectivity index is 1.99. The number of likely N-dealkylation sites (tertiary alicyclic amines) is 1. The van der Waals surface area contributed by atoms with Crippen molar-refractivity contribution in [2.75, 3.05) is 13.1 Å². The number of nitrogens with two attached hydrogens (primary N) is 1. The minimum Gasteiger partial charge on any atom is -0.508 e. The number of carbonyl (C=O) groups is 1. The Kier molecular flexibility index (Phi) is 4.55. The molecule has 0 saturated carbocycles. The zero-order valence-corrected chi connectivity index (χ0v) is 11.9. The van der Waals surface area contributed by atoms with E-state index in [1.807, 2.05) is 0 Å². The molecule has 1 aromatic carbocycles. The highest BCUT2D eigenvalue weighted by Gasteiger charge is 2.23. The van der Waals surface area contributed by atoms with Crippen LogP contribution in [0.3, 0.4) is 0 Å². The highest BCUT2D eigenvalue weighted by atomic mass is 35.5. The summed E-state index contributed by atoms with van der Waals surface area (Å²) >= 11 is 11.8. The van der Waals surface area contributed by atoms with Gasteiger partial charge in [-0.25, -0.2) is 0 Å². The van der Waals surface area contributed by atoms with Crippen molar-refractivity contribution in [3.63, 3.8) is 0 Å². The summed E-state index contributed by atoms with van der Waals surface area (Å²) in [5, 5.41) is 10.6. The van der Waals surface area contributed by atoms with Crippen molar-refractivity contribution in [3.8, 4) is 5.75 Å². The summed E-state index contributed by atoms with van der Waals surface area (Å²) in [5.74, 6) is -0.109. The van der Waals surface area contributed by atoms with Crippen LogP contribution < -0.4 is 5.73 Å². The van der Waals surface area contributed by atoms with E-state index in [4.69, 9.17) is 28.9 Å². The summed E-state index contributed by atoms with van der Waals surface area (Å²) in [5.41, 5.74) is 6.04. The molecular weight excluding hydrogens is 287 g/mol. The minimum absolute atomic E-state index is 0.0290. The van der Waals surface area contributed by atoms with Crippen LogP contribution in [0.5, 0.6) is 5.75 Å². The van der Waals surface area contributed by atoms with Gasteiger partial charge in [-0.15, -0.1) is 0 Å². The number of nitrogens with zero attached hydrogens (tertiary/aromatic N) is 1. The third kappa shape index (κ3) is 3.53. The lowest BCUT2D eigenvalue weighted by Crippen LogP contribution is -2.38. The summed E-state index contributed by atoms with van der Waals surface area (Å²) in [7, 11) is 0. The molecule has 0 bridgehead atoms. The van der Waals surface area contributed by atoms with Crippen molar-refractivity contribution >= 4 is 29.1 Å². The quantitative estimate of drug-likeness (QED) is 0.901. The van der Waals surface area contributed by atoms with Gasteiger partial charge >= 0.3 is 0 Å². The number of hydrogen-bond donors (Lipinski definition) is 2. The molecule has 1 heterocycles. The smallest absolute Gasteiger partial charge is 0.220 e. The predicted octanol–water partition coefficient (Wildman–Crippen LogP) is 2.40. The largest absolute Gasteiger partial charge is 0.508 e. The molecule has 1 aromatic rings. The maximum atomic E-state index is 11.1. The van der Waals surface area contributed by atoms with Crippen LogP contribution in [0.1, 0.15) is 18.4 Å². The molecule has 0 unspecified atom stereocenters. The monoisotopic (exact) mass is 302 g/mol. The lowest BCUT2D eigenvalue weighted by atomic mass is 9.96. The molecule has 3 N–H and O–H groups in total. The van der Waals surface area contributed by atoms with Gasteiger partial charge in [-0.05, 0) is 32.0 Å². The van der Waals surface area contributed by atoms with E-state index in [-0.39, 0.29) is 17.6 Å². The van der Waals surface area contributed by atoms with Crippen molar-refractivity contribution in [3.05, 3.63) is 27.7 Å². The molecule has 19 heavy (non-hydrogen) atoms. The molecule has 0 spiro atoms. The van der Waals surface area contributed by atoms with Gasteiger partial charge in [0.25, 0.3) is 0 Å². The van der Waals surface area contributed by atoms with Crippen LogP contribution >= 0.6 is 23.2 Å². The van der Waals surface area contributed by atoms with E-state index >= 15 is 0 Å². The standard InChI is InChI=1S/C13H16Cl2N2O2/c14-10-5-9(12(18)6-11(10)15)7-17-3-1-8(2-4-17)13(16)19/h5-6,8,18H,1-4,7H2,(H2,16,19). The molecule has 0 radical (unpaired) electrons. The van der Waals surface area contributed by atoms with E-state index in [1.165, 1.54) is 6.07 Å². The number of aromatic hydroxyl groups is 1. The van der Waals surface area contributed by atoms with Gasteiger partial charge in [0.15, 0.2) is 0 Å². The van der Waals surface area contributed by atoms with Gasteiger partial charge in [-0.3, -0.25) is 9.69 Å². The van der Waals surface area contributed by atoms with Crippen LogP contribution in [0.2, 0.25) is 10.0 Å². The number of rotatable bonds is 3. The van der Waals surface area contributed by atoms with Crippen molar-refractivity contribution in [1.29, 1.82) is 0 Å². The average Bonchev–Trinajstić information content (AvgIpc) is 2.36. The van der Waals surface area contributed by atoms with Crippen LogP contribution in [0.15, 0.2) is 12.1 Å². The molecule has 1 aliphatic heterocycles. The molecule has 1 aliphatic rings. The topological polar surface area (TPSA) is 66.6 Å². The van der Waals surface area contributed by atoms with Crippen LogP contribution in [-0.2, 0) is 11.3 Å². The maximum Gasteiger partial charge on any atom is 0.220 e. The fourth-order valence-electron chi connectivity index (χ4n) is 2.32. The molecule has 4 nitrogen and oxygen atoms in total. The number of benzene rings is 1. The molecule has 104 valence electrons. The second-order valence-corrected chi connectivity index (χ2v) is 5.66. The molecule has 6 heteroatoms. The van der Waals surface area contributed by atoms with E-state index in [2.05, 4.69) is 4.90 Å². The zero-order valence-electron chi connectivity index (χ0n) is 10.4. The average molecular weight is 303 g/mol. The van der Waals surface area contributed by atoms with Crippen molar-refractivity contribution in [2.45, 2.75) is 19.4 Å². The van der Waals surface area contributed by atoms with E-state index < -0.39 is 0 Å². The number of piperidine rings is 1. The molecule has 1 amide bonds. The Morgan fingerprint density at radius 1 is 1.32 bits per heavy atom. The predicted molar refractivity (Wildman–Crippen MR) is 75.3 cm³/mol. The SMILES string of the molecule is NC(=O)C1CCN(Cc2cc(Cl)c(Cl)cc2O)CC1. The van der Waals surface area contributed by atoms with Gasteiger partial charge < -0.3 is 10.8 Å². The first-order chi connectivity index (χ1) is 8.97. The van der Waals surface area contributed by atoms with Gasteiger partial charge in [0, 0.05) is 24.1 Å². The van der Waals surface area contributed by atoms with Crippen LogP contribution in [0.25, 0.3) is 0 Å². The molecule has 0 atom stereocenters. The molecule has 2 rings (SSSR count). The summed E-state index contributed by atoms with van der Waals surface area (Å²) in [6.45, 7) is 2.16. The zero-order chi connectivity index (χ0) is 14.0. The van der Waals surface area contributed by atoms with Crippen LogP contribution in [0.4, 0.5) is 0 Å². The van der Waals surface area contributed by atoms with Gasteiger partial charge in [-0.2, -0.15) is 0 Å². The van der Waals surface area contributed by atoms with Gasteiger partial charge in [0.05, 0.1) is 10.0 Å². The van der Waals surface area contributed by atoms with Crippen LogP contribution in [-0.4, -0.2) is 29.0 Å². The second kappa shape index (κ2) is 5.99. The Labute approximate surface area is 122 Å². The second-order valence-electron chi connectivity index (χ2n) is 4.85. The van der Waals surface area contributed by atoms with E-state index in [1.54, 1.807) is 6.07 Å². The Bertz CT molecular complexity index is 486. The molecular formula is C13H16Cl2N2O2. The molecule has 1 fully saturated rings. The number of phenols is 1. The summed E-state index contributed by atoms with van der Waals surface area (Å²) in [4.78, 5) is 13.3. The Morgan fingerprint density at radius 3 is 2.47 bits per heavy atom. The number of phenolic OH excluding ortho intramolecular Hbond substituents is 1. The highest BCUT2D eigenvalue weighted by Crippen LogP contribution is 2.31. The minimum atomic E-state index is -0.225. The van der Waals surface area contributed by atoms with Crippen molar-refractivity contribution < 1.29 is 9.90 Å². The first-order valence-corrected chi connectivity index (χ1v) is 6.91. The summed E-state index contributed by atoms with van der Waals surface area (Å²) in [6, 6.07) is 3.13. The van der Waals surface area contributed by atoms with Crippen molar-refractivity contribution in [2.24, 2.45) is 11.7 Å². The van der Waals surface area contributed by atoms with E-state index in [9.17, 15) is 9.90 Å². The summed E-state index contributed by atoms with van der Waals surface area (Å²) < 4.78 is 0. The Morgan fingerprint density at radius 2 is 1.89 bits per heavy atom. The van der Waals surface area contributed by atoms with E-state index in [0.29, 0.717) is 16.6 Å². The third-order valence-electron chi connectivity index (χ3n) is 3.51. The van der Waals surface area contributed by atoms with Gasteiger partial charge in [0.1, 0.15) is 5.75 Å². The first kappa shape index (κ1) is 14.4. The first-order valence-electron chi connectivity index (χ1n) is 6.16. The number of amides is 1. The van der Waals surface area contributed by atoms with Gasteiger partial charge in [0.2, 0.25) is 5.91 Å². The summed E-state index contributed by atoms with van der Waals surface area (Å²) in [6.07, 6.45) is 1.52. The third-order valence-corrected chi connectivity index (χ3v) is 4.23. The fourth-order valence-corrected chi connectivity index (χ4v) is 2.66. The number of halogens is 2. The van der Waals surface area contributed by atoms with Crippen LogP contribution in [0, 0.1) is 5.92 Å². The van der Waals surface area contributed by atoms with E-state index in [0.717, 1.165) is 31.5 Å². The van der Waals surface area contributed by atoms with Crippen molar-refractivity contribution in [1.82, 2.24) is 4.90 Å². The maximum absolute atomic E-state index is 11.1. The fraction of sp³-hybridized carbons (Fsp3) is 0.462. The number of carbonyl (C=O) groups excluding carboxylic acids is 1. The molecule has 0 aliphatic carbocycles. The Hall–Kier alpha value is -0.970. The lowest BCUT2D eigenvalue weighted by molar-refractivity contribution is -0.123. The molecule has 0 aromatic heterocycles. The number of hydrogen-bond acceptors (Lipinski definition) is 3. The molecule has 1 saturated heterocycles. The number of primary amides is 1.